The minimum atomic E-state index is 0.427. The fraction of sp³-hybridized carbons (Fsp3) is 0.333. The second-order valence-electron chi connectivity index (χ2n) is 6.05. The number of morpholine rings is 1. The second kappa shape index (κ2) is 6.70. The maximum atomic E-state index is 5.91. The van der Waals surface area contributed by atoms with Gasteiger partial charge in [0.05, 0.1) is 25.5 Å². The van der Waals surface area contributed by atoms with E-state index in [2.05, 4.69) is 33.1 Å². The molecule has 1 aliphatic rings. The molecule has 1 fully saturated rings. The average Bonchev–Trinajstić information content (AvgIpc) is 3.08. The molecule has 0 amide bonds. The lowest BCUT2D eigenvalue weighted by atomic mass is 10.1. The van der Waals surface area contributed by atoms with Gasteiger partial charge < -0.3 is 24.5 Å². The van der Waals surface area contributed by atoms with Crippen molar-refractivity contribution in [3.05, 3.63) is 42.4 Å². The van der Waals surface area contributed by atoms with Crippen molar-refractivity contribution in [3.63, 3.8) is 0 Å². The van der Waals surface area contributed by atoms with Crippen LogP contribution in [0.15, 0.2) is 36.8 Å². The number of ether oxygens (including phenoxy) is 2. The molecule has 130 valence electrons. The Morgan fingerprint density at radius 3 is 2.88 bits per heavy atom. The van der Waals surface area contributed by atoms with Gasteiger partial charge in [-0.1, -0.05) is 6.07 Å². The van der Waals surface area contributed by atoms with Crippen molar-refractivity contribution in [3.8, 4) is 11.3 Å². The number of nitrogens with zero attached hydrogens (tertiary/aromatic N) is 4. The second-order valence-corrected chi connectivity index (χ2v) is 6.05. The topological polar surface area (TPSA) is 77.9 Å². The van der Waals surface area contributed by atoms with Gasteiger partial charge >= 0.3 is 0 Å². The smallest absolute Gasteiger partial charge is 0.180 e. The molecule has 4 rings (SSSR count). The Morgan fingerprint density at radius 1 is 1.28 bits per heavy atom. The lowest BCUT2D eigenvalue weighted by molar-refractivity contribution is 0.122. The van der Waals surface area contributed by atoms with Crippen LogP contribution in [0.25, 0.3) is 16.9 Å². The van der Waals surface area contributed by atoms with Gasteiger partial charge in [0.15, 0.2) is 11.5 Å². The molecule has 3 heterocycles. The van der Waals surface area contributed by atoms with Gasteiger partial charge in [0.25, 0.3) is 0 Å². The summed E-state index contributed by atoms with van der Waals surface area (Å²) in [5.41, 5.74) is 10.8. The predicted molar refractivity (Wildman–Crippen MR) is 96.6 cm³/mol. The summed E-state index contributed by atoms with van der Waals surface area (Å²) in [6, 6.07) is 6.37. The highest BCUT2D eigenvalue weighted by Crippen LogP contribution is 2.29. The fourth-order valence-electron chi connectivity index (χ4n) is 3.21. The molecule has 0 spiro atoms. The molecule has 1 aromatic carbocycles. The molecule has 0 unspecified atom stereocenters. The van der Waals surface area contributed by atoms with E-state index in [1.807, 2.05) is 16.8 Å². The van der Waals surface area contributed by atoms with E-state index in [9.17, 15) is 0 Å². The monoisotopic (exact) mass is 339 g/mol. The lowest BCUT2D eigenvalue weighted by Gasteiger charge is -2.30. The molecule has 7 heteroatoms. The van der Waals surface area contributed by atoms with Gasteiger partial charge in [0.2, 0.25) is 0 Å². The highest BCUT2D eigenvalue weighted by molar-refractivity contribution is 5.71. The SMILES string of the molecule is COCc1cc(-c2cn3ccnc(N)c3n2)ccc1N1CCOCC1. The number of hydrogen-bond acceptors (Lipinski definition) is 6. The van der Waals surface area contributed by atoms with E-state index in [0.29, 0.717) is 18.1 Å². The number of rotatable bonds is 4. The number of benzene rings is 1. The average molecular weight is 339 g/mol. The minimum absolute atomic E-state index is 0.427. The first-order valence-electron chi connectivity index (χ1n) is 8.30. The molecule has 25 heavy (non-hydrogen) atoms. The zero-order valence-corrected chi connectivity index (χ0v) is 14.2. The van der Waals surface area contributed by atoms with Crippen LogP contribution in [0.1, 0.15) is 5.56 Å². The van der Waals surface area contributed by atoms with E-state index >= 15 is 0 Å². The number of fused-ring (bicyclic) bond motifs is 1. The first-order chi connectivity index (χ1) is 12.3. The Bertz CT molecular complexity index is 886. The number of nitrogens with two attached hydrogens (primary N) is 1. The van der Waals surface area contributed by atoms with Crippen molar-refractivity contribution in [2.24, 2.45) is 0 Å². The zero-order valence-electron chi connectivity index (χ0n) is 14.2. The van der Waals surface area contributed by atoms with Crippen molar-refractivity contribution in [2.45, 2.75) is 6.61 Å². The van der Waals surface area contributed by atoms with E-state index in [1.165, 1.54) is 5.69 Å². The third-order valence-corrected chi connectivity index (χ3v) is 4.43. The number of aromatic nitrogens is 3. The summed E-state index contributed by atoms with van der Waals surface area (Å²) in [6.07, 6.45) is 5.49. The summed E-state index contributed by atoms with van der Waals surface area (Å²) < 4.78 is 12.8. The van der Waals surface area contributed by atoms with Gasteiger partial charge in [-0.3, -0.25) is 0 Å². The number of imidazole rings is 1. The van der Waals surface area contributed by atoms with Crippen molar-refractivity contribution in [2.75, 3.05) is 44.0 Å². The van der Waals surface area contributed by atoms with Crippen LogP contribution >= 0.6 is 0 Å². The van der Waals surface area contributed by atoms with Crippen LogP contribution in [0.5, 0.6) is 0 Å². The Labute approximate surface area is 146 Å². The van der Waals surface area contributed by atoms with E-state index in [4.69, 9.17) is 15.2 Å². The van der Waals surface area contributed by atoms with Crippen LogP contribution in [-0.2, 0) is 16.1 Å². The van der Waals surface area contributed by atoms with E-state index < -0.39 is 0 Å². The molecule has 0 aliphatic carbocycles. The van der Waals surface area contributed by atoms with Gasteiger partial charge in [-0.2, -0.15) is 0 Å². The van der Waals surface area contributed by atoms with Crippen LogP contribution in [-0.4, -0.2) is 47.8 Å². The first-order valence-corrected chi connectivity index (χ1v) is 8.30. The van der Waals surface area contributed by atoms with Gasteiger partial charge in [0.1, 0.15) is 0 Å². The third kappa shape index (κ3) is 3.04. The number of nitrogen functional groups attached to an aromatic ring is 1. The maximum absolute atomic E-state index is 5.91. The molecule has 0 bridgehead atoms. The maximum Gasteiger partial charge on any atom is 0.180 e. The van der Waals surface area contributed by atoms with E-state index in [1.54, 1.807) is 13.3 Å². The molecule has 2 N–H and O–H groups in total. The molecule has 7 nitrogen and oxygen atoms in total. The normalized spacial score (nSPS) is 15.0. The Morgan fingerprint density at radius 2 is 2.12 bits per heavy atom. The minimum Gasteiger partial charge on any atom is -0.381 e. The van der Waals surface area contributed by atoms with Crippen LogP contribution < -0.4 is 10.6 Å². The van der Waals surface area contributed by atoms with Crippen LogP contribution in [0.2, 0.25) is 0 Å². The standard InChI is InChI=1S/C18H21N5O2/c1-24-12-14-10-13(2-3-16(14)22-6-8-25-9-7-22)15-11-23-5-4-20-17(19)18(23)21-15/h2-5,10-11H,6-9,12H2,1H3,(H2,19,20). The molecule has 0 radical (unpaired) electrons. The fourth-order valence-corrected chi connectivity index (χ4v) is 3.21. The summed E-state index contributed by atoms with van der Waals surface area (Å²) in [7, 11) is 1.72. The van der Waals surface area contributed by atoms with E-state index in [0.717, 1.165) is 43.1 Å². The first kappa shape index (κ1) is 15.9. The summed E-state index contributed by atoms with van der Waals surface area (Å²) in [5, 5.41) is 0. The van der Waals surface area contributed by atoms with E-state index in [-0.39, 0.29) is 0 Å². The van der Waals surface area contributed by atoms with Crippen molar-refractivity contribution >= 4 is 17.2 Å². The van der Waals surface area contributed by atoms with Gasteiger partial charge in [0, 0.05) is 55.6 Å². The molecule has 0 saturated carbocycles. The predicted octanol–water partition coefficient (Wildman–Crippen LogP) is 1.96. The van der Waals surface area contributed by atoms with Crippen molar-refractivity contribution < 1.29 is 9.47 Å². The number of hydrogen-bond donors (Lipinski definition) is 1. The van der Waals surface area contributed by atoms with Crippen LogP contribution in [0, 0.1) is 0 Å². The molecular weight excluding hydrogens is 318 g/mol. The number of methoxy groups -OCH3 is 1. The highest BCUT2D eigenvalue weighted by Gasteiger charge is 2.16. The number of anilines is 2. The largest absolute Gasteiger partial charge is 0.381 e. The molecule has 2 aromatic heterocycles. The lowest BCUT2D eigenvalue weighted by Crippen LogP contribution is -2.36. The summed E-state index contributed by atoms with van der Waals surface area (Å²) in [4.78, 5) is 11.1. The van der Waals surface area contributed by atoms with Crippen molar-refractivity contribution in [1.82, 2.24) is 14.4 Å². The zero-order chi connectivity index (χ0) is 17.2. The Hall–Kier alpha value is -2.64. The molecule has 1 aliphatic heterocycles. The molecule has 0 atom stereocenters. The summed E-state index contributed by atoms with van der Waals surface area (Å²) >= 11 is 0. The summed E-state index contributed by atoms with van der Waals surface area (Å²) in [5.74, 6) is 0.427. The van der Waals surface area contributed by atoms with Gasteiger partial charge in [-0.15, -0.1) is 0 Å². The third-order valence-electron chi connectivity index (χ3n) is 4.43. The van der Waals surface area contributed by atoms with Gasteiger partial charge in [-0.05, 0) is 12.1 Å². The van der Waals surface area contributed by atoms with Crippen molar-refractivity contribution in [1.29, 1.82) is 0 Å². The van der Waals surface area contributed by atoms with Gasteiger partial charge in [-0.25, -0.2) is 9.97 Å². The van der Waals surface area contributed by atoms with Crippen LogP contribution in [0.4, 0.5) is 11.5 Å². The highest BCUT2D eigenvalue weighted by atomic mass is 16.5. The Balaban J connectivity index is 1.74. The molecule has 1 saturated heterocycles. The molecule has 3 aromatic rings. The quantitative estimate of drug-likeness (QED) is 0.783. The molecular formula is C18H21N5O2. The summed E-state index contributed by atoms with van der Waals surface area (Å²) in [6.45, 7) is 3.86. The Kier molecular flexibility index (Phi) is 4.25. The van der Waals surface area contributed by atoms with Crippen LogP contribution in [0.3, 0.4) is 0 Å².